The van der Waals surface area contributed by atoms with Gasteiger partial charge >= 0.3 is 0 Å². The summed E-state index contributed by atoms with van der Waals surface area (Å²) in [4.78, 5) is 13.8. The summed E-state index contributed by atoms with van der Waals surface area (Å²) in [5.41, 5.74) is 0.429. The third kappa shape index (κ3) is 3.22. The lowest BCUT2D eigenvalue weighted by Gasteiger charge is -2.59. The summed E-state index contributed by atoms with van der Waals surface area (Å²) in [5.74, 6) is 3.14. The van der Waals surface area contributed by atoms with Crippen molar-refractivity contribution >= 4 is 17.2 Å². The maximum Gasteiger partial charge on any atom is 0.220 e. The van der Waals surface area contributed by atoms with E-state index in [9.17, 15) is 4.79 Å². The fourth-order valence-electron chi connectivity index (χ4n) is 6.05. The van der Waals surface area contributed by atoms with E-state index in [2.05, 4.69) is 29.8 Å². The number of hydrogen-bond acceptors (Lipinski definition) is 2. The van der Waals surface area contributed by atoms with E-state index in [-0.39, 0.29) is 5.91 Å². The molecule has 2 nitrogen and oxygen atoms in total. The lowest BCUT2D eigenvalue weighted by Crippen LogP contribution is -2.55. The maximum absolute atomic E-state index is 12.4. The van der Waals surface area contributed by atoms with Gasteiger partial charge in [0.25, 0.3) is 0 Å². The Morgan fingerprint density at radius 2 is 1.91 bits per heavy atom. The molecule has 1 aromatic heterocycles. The molecule has 4 bridgehead atoms. The first-order valence-electron chi connectivity index (χ1n) is 9.45. The van der Waals surface area contributed by atoms with Crippen molar-refractivity contribution in [2.24, 2.45) is 23.2 Å². The molecule has 0 aliphatic heterocycles. The van der Waals surface area contributed by atoms with Crippen molar-refractivity contribution in [3.8, 4) is 0 Å². The van der Waals surface area contributed by atoms with E-state index in [1.165, 1.54) is 43.4 Å². The fraction of sp³-hybridized carbons (Fsp3) is 0.750. The standard InChI is InChI=1S/C20H29NOS/c1-14(21-19(22)6-2-4-18-5-3-7-23-18)20-11-15-8-16(12-20)10-17(9-15)13-20/h3,5,7,14-17H,2,4,6,8-13H2,1H3,(H,21,22)/t14-,15?,16?,17?,20?/m1/s1. The zero-order valence-electron chi connectivity index (χ0n) is 14.2. The zero-order chi connectivity index (χ0) is 15.9. The minimum atomic E-state index is 0.268. The highest BCUT2D eigenvalue weighted by atomic mass is 32.1. The van der Waals surface area contributed by atoms with Crippen LogP contribution in [0.4, 0.5) is 0 Å². The minimum Gasteiger partial charge on any atom is -0.353 e. The Kier molecular flexibility index (Phi) is 4.25. The molecular formula is C20H29NOS. The van der Waals surface area contributed by atoms with E-state index in [0.29, 0.717) is 17.9 Å². The number of aryl methyl sites for hydroxylation is 1. The van der Waals surface area contributed by atoms with Crippen LogP contribution in [0.3, 0.4) is 0 Å². The van der Waals surface area contributed by atoms with Gasteiger partial charge in [-0.2, -0.15) is 0 Å². The molecule has 0 saturated heterocycles. The average Bonchev–Trinajstić information content (AvgIpc) is 2.99. The Bertz CT molecular complexity index is 515. The van der Waals surface area contributed by atoms with E-state index in [1.807, 2.05) is 0 Å². The first kappa shape index (κ1) is 15.7. The van der Waals surface area contributed by atoms with E-state index in [0.717, 1.165) is 30.6 Å². The first-order chi connectivity index (χ1) is 11.1. The molecule has 1 heterocycles. The zero-order valence-corrected chi connectivity index (χ0v) is 15.0. The smallest absolute Gasteiger partial charge is 0.220 e. The molecule has 1 amide bonds. The summed E-state index contributed by atoms with van der Waals surface area (Å²) < 4.78 is 0. The minimum absolute atomic E-state index is 0.268. The monoisotopic (exact) mass is 331 g/mol. The van der Waals surface area contributed by atoms with Crippen LogP contribution in [0.2, 0.25) is 0 Å². The molecule has 4 fully saturated rings. The Morgan fingerprint density at radius 1 is 1.26 bits per heavy atom. The van der Waals surface area contributed by atoms with Crippen molar-refractivity contribution in [2.45, 2.75) is 70.8 Å². The van der Waals surface area contributed by atoms with Crippen molar-refractivity contribution in [1.29, 1.82) is 0 Å². The van der Waals surface area contributed by atoms with Gasteiger partial charge in [0.05, 0.1) is 0 Å². The van der Waals surface area contributed by atoms with Gasteiger partial charge in [0.2, 0.25) is 5.91 Å². The number of carbonyl (C=O) groups excluding carboxylic acids is 1. The molecule has 0 spiro atoms. The molecular weight excluding hydrogens is 302 g/mol. The Morgan fingerprint density at radius 3 is 2.48 bits per heavy atom. The molecule has 4 aliphatic rings. The third-order valence-electron chi connectivity index (χ3n) is 6.79. The average molecular weight is 332 g/mol. The van der Waals surface area contributed by atoms with Gasteiger partial charge in [-0.3, -0.25) is 4.79 Å². The van der Waals surface area contributed by atoms with Gasteiger partial charge in [-0.05, 0) is 92.9 Å². The molecule has 126 valence electrons. The molecule has 0 unspecified atom stereocenters. The second-order valence-electron chi connectivity index (χ2n) is 8.50. The summed E-state index contributed by atoms with van der Waals surface area (Å²) in [5, 5.41) is 5.50. The molecule has 1 N–H and O–H groups in total. The van der Waals surface area contributed by atoms with Gasteiger partial charge in [0, 0.05) is 17.3 Å². The van der Waals surface area contributed by atoms with Crippen LogP contribution >= 0.6 is 11.3 Å². The lowest BCUT2D eigenvalue weighted by molar-refractivity contribution is -0.126. The van der Waals surface area contributed by atoms with Gasteiger partial charge in [-0.25, -0.2) is 0 Å². The van der Waals surface area contributed by atoms with Crippen molar-refractivity contribution in [1.82, 2.24) is 5.32 Å². The quantitative estimate of drug-likeness (QED) is 0.797. The molecule has 1 atom stereocenters. The van der Waals surface area contributed by atoms with Gasteiger partial charge < -0.3 is 5.32 Å². The van der Waals surface area contributed by atoms with Crippen molar-refractivity contribution < 1.29 is 4.79 Å². The van der Waals surface area contributed by atoms with Gasteiger partial charge in [0.1, 0.15) is 0 Å². The Labute approximate surface area is 144 Å². The van der Waals surface area contributed by atoms with E-state index in [1.54, 1.807) is 11.3 Å². The van der Waals surface area contributed by atoms with Gasteiger partial charge in [-0.15, -0.1) is 11.3 Å². The van der Waals surface area contributed by atoms with Gasteiger partial charge in [-0.1, -0.05) is 6.07 Å². The van der Waals surface area contributed by atoms with Crippen LogP contribution in [-0.4, -0.2) is 11.9 Å². The van der Waals surface area contributed by atoms with E-state index < -0.39 is 0 Å². The maximum atomic E-state index is 12.4. The number of rotatable bonds is 6. The van der Waals surface area contributed by atoms with Crippen LogP contribution in [0.25, 0.3) is 0 Å². The number of thiophene rings is 1. The van der Waals surface area contributed by atoms with Crippen LogP contribution in [0.15, 0.2) is 17.5 Å². The van der Waals surface area contributed by atoms with Crippen molar-refractivity contribution in [3.05, 3.63) is 22.4 Å². The SMILES string of the molecule is C[C@@H](NC(=O)CCCc1cccs1)C12CC3CC(CC(C3)C1)C2. The summed E-state index contributed by atoms with van der Waals surface area (Å²) in [6, 6.07) is 4.63. The molecule has 5 rings (SSSR count). The van der Waals surface area contributed by atoms with E-state index >= 15 is 0 Å². The number of carbonyl (C=O) groups is 1. The summed E-state index contributed by atoms with van der Waals surface area (Å²) in [7, 11) is 0. The Hall–Kier alpha value is -0.830. The molecule has 23 heavy (non-hydrogen) atoms. The van der Waals surface area contributed by atoms with Crippen LogP contribution in [-0.2, 0) is 11.2 Å². The van der Waals surface area contributed by atoms with Crippen LogP contribution in [0, 0.1) is 23.2 Å². The summed E-state index contributed by atoms with van der Waals surface area (Å²) in [6.07, 6.45) is 11.2. The van der Waals surface area contributed by atoms with Gasteiger partial charge in [0.15, 0.2) is 0 Å². The lowest BCUT2D eigenvalue weighted by atomic mass is 9.48. The van der Waals surface area contributed by atoms with E-state index in [4.69, 9.17) is 0 Å². The first-order valence-corrected chi connectivity index (χ1v) is 10.3. The molecule has 0 aromatic carbocycles. The normalized spacial score (nSPS) is 36.1. The largest absolute Gasteiger partial charge is 0.353 e. The van der Waals surface area contributed by atoms with Crippen molar-refractivity contribution in [3.63, 3.8) is 0 Å². The molecule has 3 heteroatoms. The van der Waals surface area contributed by atoms with Crippen LogP contribution in [0.5, 0.6) is 0 Å². The summed E-state index contributed by atoms with van der Waals surface area (Å²) >= 11 is 1.80. The molecule has 0 radical (unpaired) electrons. The number of amides is 1. The number of nitrogens with one attached hydrogen (secondary N) is 1. The number of hydrogen-bond donors (Lipinski definition) is 1. The highest BCUT2D eigenvalue weighted by Gasteiger charge is 2.53. The third-order valence-corrected chi connectivity index (χ3v) is 7.72. The predicted molar refractivity (Wildman–Crippen MR) is 95.5 cm³/mol. The topological polar surface area (TPSA) is 29.1 Å². The highest BCUT2D eigenvalue weighted by Crippen LogP contribution is 2.61. The Balaban J connectivity index is 1.29. The second kappa shape index (κ2) is 6.23. The molecule has 4 aliphatic carbocycles. The van der Waals surface area contributed by atoms with Crippen LogP contribution < -0.4 is 5.32 Å². The fourth-order valence-corrected chi connectivity index (χ4v) is 6.80. The predicted octanol–water partition coefficient (Wildman–Crippen LogP) is 4.79. The van der Waals surface area contributed by atoms with Crippen LogP contribution in [0.1, 0.15) is 63.2 Å². The highest BCUT2D eigenvalue weighted by molar-refractivity contribution is 7.09. The molecule has 4 saturated carbocycles. The van der Waals surface area contributed by atoms with Crippen molar-refractivity contribution in [2.75, 3.05) is 0 Å². The molecule has 1 aromatic rings. The summed E-state index contributed by atoms with van der Waals surface area (Å²) in [6.45, 7) is 2.28. The second-order valence-corrected chi connectivity index (χ2v) is 9.53.